The zero-order valence-corrected chi connectivity index (χ0v) is 19.2. The number of aryl methyl sites for hydroxylation is 3. The molecule has 2 aromatic heterocycles. The molecule has 3 heterocycles. The van der Waals surface area contributed by atoms with Crippen LogP contribution in [0.2, 0.25) is 5.02 Å². The van der Waals surface area contributed by atoms with E-state index in [2.05, 4.69) is 15.3 Å². The second-order valence-corrected chi connectivity index (χ2v) is 9.56. The van der Waals surface area contributed by atoms with Gasteiger partial charge in [-0.3, -0.25) is 4.79 Å². The minimum atomic E-state index is -0.195. The van der Waals surface area contributed by atoms with Crippen molar-refractivity contribution >= 4 is 57.0 Å². The number of nitrogens with zero attached hydrogens (tertiary/aromatic N) is 3. The molecule has 0 saturated carbocycles. The van der Waals surface area contributed by atoms with Crippen LogP contribution in [0, 0.1) is 27.7 Å². The number of aromatic nitrogens is 2. The molecule has 4 rings (SSSR count). The number of benzene rings is 1. The minimum Gasteiger partial charge on any atom is -0.506 e. The Hall–Kier alpha value is -2.55. The van der Waals surface area contributed by atoms with Crippen LogP contribution >= 0.6 is 34.7 Å². The van der Waals surface area contributed by atoms with E-state index in [0.717, 1.165) is 27.5 Å². The number of phenols is 1. The Bertz CT molecular complexity index is 1220. The molecular weight excluding hydrogens is 440 g/mol. The summed E-state index contributed by atoms with van der Waals surface area (Å²) in [4.78, 5) is 23.0. The van der Waals surface area contributed by atoms with Gasteiger partial charge < -0.3 is 15.0 Å². The average molecular weight is 459 g/mol. The maximum Gasteiger partial charge on any atom is 0.264 e. The predicted molar refractivity (Wildman–Crippen MR) is 124 cm³/mol. The Morgan fingerprint density at radius 2 is 2.00 bits per heavy atom. The third-order valence-corrected chi connectivity index (χ3v) is 6.91. The fraction of sp³-hybridized carbons (Fsp3) is 0.190. The molecule has 0 unspecified atom stereocenters. The molecule has 154 valence electrons. The molecule has 6 nitrogen and oxygen atoms in total. The highest BCUT2D eigenvalue weighted by molar-refractivity contribution is 8.18. The van der Waals surface area contributed by atoms with Gasteiger partial charge in [0.15, 0.2) is 5.17 Å². The molecule has 0 spiro atoms. The standard InChI is InChI=1S/C21H19ClN4O2S2/c1-10-7-14(12(3)26(10)16-9-15(22)5-6-17(16)27)8-18-19(28)24-21(30-18)25-20-23-11(2)13(4)29-20/h5-9,27H,1-4H3,(H,23,24,25,28)/b18-8-. The third-order valence-electron chi connectivity index (χ3n) is 4.80. The first-order valence-electron chi connectivity index (χ1n) is 9.14. The Balaban J connectivity index is 1.67. The van der Waals surface area contributed by atoms with Crippen LogP contribution < -0.4 is 5.32 Å². The largest absolute Gasteiger partial charge is 0.506 e. The van der Waals surface area contributed by atoms with Crippen LogP contribution in [0.3, 0.4) is 0 Å². The smallest absolute Gasteiger partial charge is 0.264 e. The summed E-state index contributed by atoms with van der Waals surface area (Å²) in [6.45, 7) is 7.81. The minimum absolute atomic E-state index is 0.136. The normalized spacial score (nSPS) is 16.6. The summed E-state index contributed by atoms with van der Waals surface area (Å²) in [5.74, 6) is -0.0593. The number of nitrogens with one attached hydrogen (secondary N) is 1. The van der Waals surface area contributed by atoms with E-state index in [-0.39, 0.29) is 11.7 Å². The van der Waals surface area contributed by atoms with E-state index >= 15 is 0 Å². The summed E-state index contributed by atoms with van der Waals surface area (Å²) in [7, 11) is 0. The fourth-order valence-electron chi connectivity index (χ4n) is 3.19. The molecule has 1 fully saturated rings. The fourth-order valence-corrected chi connectivity index (χ4v) is 5.02. The van der Waals surface area contributed by atoms with Gasteiger partial charge in [-0.2, -0.15) is 4.99 Å². The highest BCUT2D eigenvalue weighted by Crippen LogP contribution is 2.34. The highest BCUT2D eigenvalue weighted by Gasteiger charge is 2.25. The van der Waals surface area contributed by atoms with Gasteiger partial charge in [0.05, 0.1) is 16.3 Å². The number of aliphatic imine (C=N–C) groups is 1. The van der Waals surface area contributed by atoms with Crippen molar-refractivity contribution in [2.45, 2.75) is 27.7 Å². The van der Waals surface area contributed by atoms with Crippen LogP contribution in [-0.2, 0) is 4.79 Å². The van der Waals surface area contributed by atoms with E-state index in [1.54, 1.807) is 18.2 Å². The lowest BCUT2D eigenvalue weighted by Gasteiger charge is -2.12. The molecule has 0 aliphatic carbocycles. The molecule has 1 aliphatic heterocycles. The van der Waals surface area contributed by atoms with Gasteiger partial charge in [0, 0.05) is 21.3 Å². The number of rotatable bonds is 3. The Morgan fingerprint density at radius 1 is 1.23 bits per heavy atom. The topological polar surface area (TPSA) is 79.5 Å². The van der Waals surface area contributed by atoms with Crippen molar-refractivity contribution in [3.63, 3.8) is 0 Å². The number of carbonyl (C=O) groups excluding carboxylic acids is 1. The quantitative estimate of drug-likeness (QED) is 0.513. The number of phenolic OH excluding ortho intramolecular Hbond substituents is 1. The van der Waals surface area contributed by atoms with Crippen molar-refractivity contribution in [2.75, 3.05) is 0 Å². The second kappa shape index (κ2) is 7.94. The molecule has 1 saturated heterocycles. The first-order chi connectivity index (χ1) is 14.2. The Morgan fingerprint density at radius 3 is 2.70 bits per heavy atom. The maximum atomic E-state index is 12.5. The Labute approximate surface area is 187 Å². The van der Waals surface area contributed by atoms with E-state index in [0.29, 0.717) is 25.9 Å². The summed E-state index contributed by atoms with van der Waals surface area (Å²) in [5, 5.41) is 14.8. The van der Waals surface area contributed by atoms with E-state index in [1.807, 2.05) is 44.4 Å². The van der Waals surface area contributed by atoms with Crippen LogP contribution in [0.25, 0.3) is 11.8 Å². The highest BCUT2D eigenvalue weighted by atomic mass is 35.5. The summed E-state index contributed by atoms with van der Waals surface area (Å²) in [6, 6.07) is 6.90. The van der Waals surface area contributed by atoms with Crippen LogP contribution in [0.4, 0.5) is 5.13 Å². The SMILES string of the molecule is Cc1nc(/N=C2\NC(=O)/C(=C/c3cc(C)n(-c4cc(Cl)ccc4O)c3C)S2)sc1C. The first kappa shape index (κ1) is 20.7. The lowest BCUT2D eigenvalue weighted by Crippen LogP contribution is -2.19. The number of thioether (sulfide) groups is 1. The van der Waals surface area contributed by atoms with Crippen molar-refractivity contribution < 1.29 is 9.90 Å². The zero-order chi connectivity index (χ0) is 21.6. The molecule has 1 aromatic carbocycles. The summed E-state index contributed by atoms with van der Waals surface area (Å²) in [5.41, 5.74) is 4.24. The van der Waals surface area contributed by atoms with Gasteiger partial charge in [-0.05, 0) is 75.4 Å². The van der Waals surface area contributed by atoms with Crippen molar-refractivity contribution in [3.8, 4) is 11.4 Å². The summed E-state index contributed by atoms with van der Waals surface area (Å²) in [6.07, 6.45) is 1.83. The van der Waals surface area contributed by atoms with Gasteiger partial charge in [-0.1, -0.05) is 22.9 Å². The lowest BCUT2D eigenvalue weighted by molar-refractivity contribution is -0.115. The molecule has 9 heteroatoms. The van der Waals surface area contributed by atoms with Crippen molar-refractivity contribution in [1.82, 2.24) is 14.9 Å². The van der Waals surface area contributed by atoms with Gasteiger partial charge in [0.1, 0.15) is 5.75 Å². The van der Waals surface area contributed by atoms with Gasteiger partial charge >= 0.3 is 0 Å². The third kappa shape index (κ3) is 3.90. The molecular formula is C21H19ClN4O2S2. The molecule has 1 aliphatic rings. The lowest BCUT2D eigenvalue weighted by atomic mass is 10.2. The molecule has 0 bridgehead atoms. The number of thiazole rings is 1. The molecule has 2 N–H and O–H groups in total. The van der Waals surface area contributed by atoms with Gasteiger partial charge in [0.2, 0.25) is 5.13 Å². The number of hydrogen-bond acceptors (Lipinski definition) is 6. The van der Waals surface area contributed by atoms with Gasteiger partial charge in [-0.25, -0.2) is 4.98 Å². The number of halogens is 1. The monoisotopic (exact) mass is 458 g/mol. The molecule has 0 atom stereocenters. The van der Waals surface area contributed by atoms with E-state index < -0.39 is 0 Å². The molecule has 30 heavy (non-hydrogen) atoms. The summed E-state index contributed by atoms with van der Waals surface area (Å²) >= 11 is 8.90. The van der Waals surface area contributed by atoms with Crippen LogP contribution in [0.1, 0.15) is 27.5 Å². The van der Waals surface area contributed by atoms with Crippen LogP contribution in [-0.4, -0.2) is 25.7 Å². The van der Waals surface area contributed by atoms with Gasteiger partial charge in [0.25, 0.3) is 5.91 Å². The van der Waals surface area contributed by atoms with E-state index in [9.17, 15) is 9.90 Å². The number of amides is 1. The number of aromatic hydroxyl groups is 1. The molecule has 3 aromatic rings. The molecule has 0 radical (unpaired) electrons. The predicted octanol–water partition coefficient (Wildman–Crippen LogP) is 5.42. The maximum absolute atomic E-state index is 12.5. The van der Waals surface area contributed by atoms with Crippen LogP contribution in [0.15, 0.2) is 34.2 Å². The number of carbonyl (C=O) groups is 1. The molecule has 1 amide bonds. The number of hydrogen-bond donors (Lipinski definition) is 2. The van der Waals surface area contributed by atoms with Crippen LogP contribution in [0.5, 0.6) is 5.75 Å². The van der Waals surface area contributed by atoms with Crippen molar-refractivity contribution in [1.29, 1.82) is 0 Å². The Kier molecular flexibility index (Phi) is 5.48. The average Bonchev–Trinajstić information content (AvgIpc) is 3.27. The van der Waals surface area contributed by atoms with Crippen molar-refractivity contribution in [2.24, 2.45) is 4.99 Å². The second-order valence-electron chi connectivity index (χ2n) is 6.91. The van der Waals surface area contributed by atoms with E-state index in [4.69, 9.17) is 11.6 Å². The van der Waals surface area contributed by atoms with Gasteiger partial charge in [-0.15, -0.1) is 0 Å². The van der Waals surface area contributed by atoms with E-state index in [1.165, 1.54) is 23.1 Å². The first-order valence-corrected chi connectivity index (χ1v) is 11.2. The van der Waals surface area contributed by atoms with Crippen molar-refractivity contribution in [3.05, 3.63) is 61.7 Å². The zero-order valence-electron chi connectivity index (χ0n) is 16.8. The summed E-state index contributed by atoms with van der Waals surface area (Å²) < 4.78 is 1.92. The number of amidine groups is 1.